The van der Waals surface area contributed by atoms with Crippen LogP contribution in [0.15, 0.2) is 59.3 Å². The molecule has 4 heteroatoms. The molecule has 2 N–H and O–H groups in total. The van der Waals surface area contributed by atoms with Crippen molar-refractivity contribution >= 4 is 5.97 Å². The van der Waals surface area contributed by atoms with Gasteiger partial charge in [-0.2, -0.15) is 0 Å². The minimum Gasteiger partial charge on any atom is -0.457 e. The van der Waals surface area contributed by atoms with E-state index < -0.39 is 17.8 Å². The highest BCUT2D eigenvalue weighted by Gasteiger charge is 2.46. The fourth-order valence-electron chi connectivity index (χ4n) is 8.74. The monoisotopic (exact) mass is 679 g/mol. The first-order valence-electron chi connectivity index (χ1n) is 20.5. The van der Waals surface area contributed by atoms with E-state index in [2.05, 4.69) is 57.7 Å². The first kappa shape index (κ1) is 41.5. The largest absolute Gasteiger partial charge is 0.457 e. The zero-order valence-electron chi connectivity index (χ0n) is 32.4. The predicted molar refractivity (Wildman–Crippen MR) is 207 cm³/mol. The first-order valence-corrected chi connectivity index (χ1v) is 20.5. The second-order valence-electron chi connectivity index (χ2n) is 16.7. The summed E-state index contributed by atoms with van der Waals surface area (Å²) in [4.78, 5) is 12.8. The van der Waals surface area contributed by atoms with Gasteiger partial charge < -0.3 is 14.9 Å². The van der Waals surface area contributed by atoms with Gasteiger partial charge in [0.15, 0.2) is 0 Å². The van der Waals surface area contributed by atoms with Gasteiger partial charge in [-0.15, -0.1) is 0 Å². The van der Waals surface area contributed by atoms with E-state index in [0.717, 1.165) is 62.5 Å². The fraction of sp³-hybridized carbons (Fsp3) is 0.756. The Bertz CT molecular complexity index is 1130. The molecule has 3 aliphatic rings. The van der Waals surface area contributed by atoms with Crippen molar-refractivity contribution in [1.29, 1.82) is 0 Å². The van der Waals surface area contributed by atoms with Crippen molar-refractivity contribution in [1.82, 2.24) is 0 Å². The molecule has 0 heterocycles. The number of rotatable bonds is 22. The number of aliphatic hydroxyl groups excluding tert-OH is 1. The molecule has 2 unspecified atom stereocenters. The summed E-state index contributed by atoms with van der Waals surface area (Å²) >= 11 is 0. The summed E-state index contributed by atoms with van der Waals surface area (Å²) in [7, 11) is 0. The minimum absolute atomic E-state index is 0.167. The lowest BCUT2D eigenvalue weighted by Gasteiger charge is -2.42. The molecule has 2 fully saturated rings. The summed E-state index contributed by atoms with van der Waals surface area (Å²) in [5.41, 5.74) is 4.58. The van der Waals surface area contributed by atoms with Gasteiger partial charge in [-0.1, -0.05) is 127 Å². The zero-order valence-corrected chi connectivity index (χ0v) is 32.4. The van der Waals surface area contributed by atoms with E-state index in [4.69, 9.17) is 4.74 Å². The molecule has 0 radical (unpaired) electrons. The highest BCUT2D eigenvalue weighted by molar-refractivity contribution is 5.70. The van der Waals surface area contributed by atoms with Gasteiger partial charge in [-0.05, 0) is 119 Å². The average molecular weight is 679 g/mol. The lowest BCUT2D eigenvalue weighted by Crippen LogP contribution is -2.33. The third-order valence-electron chi connectivity index (χ3n) is 11.7. The van der Waals surface area contributed by atoms with Crippen molar-refractivity contribution in [3.05, 3.63) is 59.3 Å². The maximum atomic E-state index is 12.8. The number of carbonyl (C=O) groups is 1. The number of fused-ring (bicyclic) bond motifs is 1. The summed E-state index contributed by atoms with van der Waals surface area (Å²) in [6.45, 7) is 15.3. The molecular formula is C45H74O4. The Morgan fingerprint density at radius 1 is 1.02 bits per heavy atom. The number of allylic oxidation sites excluding steroid dienone is 7. The standard InChI is InChI=1S/C45H74O4/c1-7-8-9-10-11-12-13-14-15-16-17-18-19-20-21-26-43(47)49-42-34-39(46)33-38(36(42)3)28-27-37-25-23-32-45(6)40(29-30-41(37)45)35(2)24-22-31-44(4,5)48/h14-15,27-29,35,39,41-42,46,48H,3,7-13,16-26,30-34H2,1-2,4-6H3/b15-14+,37-27+,38-28-/t35-,39+,41?,42-,45?/m0/s1. The SMILES string of the molecule is C=C1/C(=C\C=C2/CCCC3(C)C([C@@H](C)CCCC(C)(C)O)=CCC23)C[C@@H](O)C[C@@H]1OC(=O)CCCCCCC/C=C/CCCCCCCC. The molecule has 3 aliphatic carbocycles. The molecule has 0 aromatic carbocycles. The second-order valence-corrected chi connectivity index (χ2v) is 16.7. The van der Waals surface area contributed by atoms with E-state index in [-0.39, 0.29) is 11.4 Å². The van der Waals surface area contributed by atoms with E-state index in [1.54, 1.807) is 5.57 Å². The quantitative estimate of drug-likeness (QED) is 0.0679. The number of aliphatic hydroxyl groups is 2. The van der Waals surface area contributed by atoms with Crippen LogP contribution in [0.4, 0.5) is 0 Å². The summed E-state index contributed by atoms with van der Waals surface area (Å²) < 4.78 is 5.90. The molecule has 49 heavy (non-hydrogen) atoms. The van der Waals surface area contributed by atoms with Crippen LogP contribution in [0.25, 0.3) is 0 Å². The Hall–Kier alpha value is -1.91. The molecule has 3 rings (SSSR count). The summed E-state index contributed by atoms with van der Waals surface area (Å²) in [6, 6.07) is 0. The highest BCUT2D eigenvalue weighted by atomic mass is 16.5. The molecule has 0 bridgehead atoms. The third-order valence-corrected chi connectivity index (χ3v) is 11.7. The zero-order chi connectivity index (χ0) is 35.7. The summed E-state index contributed by atoms with van der Waals surface area (Å²) in [6.07, 6.45) is 35.9. The number of hydrogen-bond donors (Lipinski definition) is 2. The first-order chi connectivity index (χ1) is 23.4. The van der Waals surface area contributed by atoms with Gasteiger partial charge in [0.05, 0.1) is 11.7 Å². The lowest BCUT2D eigenvalue weighted by atomic mass is 9.62. The molecule has 278 valence electrons. The van der Waals surface area contributed by atoms with Crippen molar-refractivity contribution in [3.63, 3.8) is 0 Å². The van der Waals surface area contributed by atoms with Crippen LogP contribution >= 0.6 is 0 Å². The van der Waals surface area contributed by atoms with Crippen LogP contribution in [0.1, 0.15) is 182 Å². The van der Waals surface area contributed by atoms with Crippen LogP contribution in [-0.2, 0) is 9.53 Å². The van der Waals surface area contributed by atoms with E-state index >= 15 is 0 Å². The third kappa shape index (κ3) is 14.3. The van der Waals surface area contributed by atoms with Crippen LogP contribution in [0.3, 0.4) is 0 Å². The van der Waals surface area contributed by atoms with Crippen molar-refractivity contribution in [3.8, 4) is 0 Å². The van der Waals surface area contributed by atoms with E-state index in [9.17, 15) is 15.0 Å². The van der Waals surface area contributed by atoms with Gasteiger partial charge in [0.2, 0.25) is 0 Å². The number of ether oxygens (including phenoxy) is 1. The van der Waals surface area contributed by atoms with Gasteiger partial charge in [-0.3, -0.25) is 4.79 Å². The minimum atomic E-state index is -0.595. The van der Waals surface area contributed by atoms with Crippen LogP contribution in [0, 0.1) is 17.3 Å². The normalized spacial score (nSPS) is 26.8. The second kappa shape index (κ2) is 21.5. The Morgan fingerprint density at radius 3 is 2.35 bits per heavy atom. The van der Waals surface area contributed by atoms with Crippen molar-refractivity contribution in [2.75, 3.05) is 0 Å². The highest BCUT2D eigenvalue weighted by Crippen LogP contribution is 2.57. The van der Waals surface area contributed by atoms with Crippen LogP contribution in [0.2, 0.25) is 0 Å². The van der Waals surface area contributed by atoms with Gasteiger partial charge in [0, 0.05) is 12.8 Å². The topological polar surface area (TPSA) is 66.8 Å². The summed E-state index contributed by atoms with van der Waals surface area (Å²) in [5, 5.41) is 20.9. The molecule has 0 spiro atoms. The number of unbranched alkanes of at least 4 members (excludes halogenated alkanes) is 11. The molecule has 0 aromatic heterocycles. The average Bonchev–Trinajstić information content (AvgIpc) is 3.40. The lowest BCUT2D eigenvalue weighted by molar-refractivity contribution is -0.149. The maximum Gasteiger partial charge on any atom is 0.306 e. The van der Waals surface area contributed by atoms with Gasteiger partial charge >= 0.3 is 5.97 Å². The van der Waals surface area contributed by atoms with E-state index in [1.165, 1.54) is 82.6 Å². The molecule has 0 amide bonds. The van der Waals surface area contributed by atoms with Crippen molar-refractivity contribution in [2.24, 2.45) is 17.3 Å². The molecule has 0 aromatic rings. The fourth-order valence-corrected chi connectivity index (χ4v) is 8.74. The van der Waals surface area contributed by atoms with Gasteiger partial charge in [0.1, 0.15) is 6.10 Å². The molecular weight excluding hydrogens is 604 g/mol. The van der Waals surface area contributed by atoms with Crippen molar-refractivity contribution < 1.29 is 19.7 Å². The van der Waals surface area contributed by atoms with Crippen LogP contribution in [-0.4, -0.2) is 34.0 Å². The van der Waals surface area contributed by atoms with Gasteiger partial charge in [0.25, 0.3) is 0 Å². The molecule has 5 atom stereocenters. The van der Waals surface area contributed by atoms with Gasteiger partial charge in [-0.25, -0.2) is 0 Å². The number of esters is 1. The Kier molecular flexibility index (Phi) is 18.2. The Morgan fingerprint density at radius 2 is 1.67 bits per heavy atom. The Labute approximate surface area is 301 Å². The molecule has 2 saturated carbocycles. The van der Waals surface area contributed by atoms with Crippen LogP contribution < -0.4 is 0 Å². The predicted octanol–water partition coefficient (Wildman–Crippen LogP) is 12.2. The Balaban J connectivity index is 1.39. The number of carbonyl (C=O) groups excluding carboxylic acids is 1. The summed E-state index contributed by atoms with van der Waals surface area (Å²) in [5.74, 6) is 0.886. The van der Waals surface area contributed by atoms with E-state index in [1.807, 2.05) is 13.8 Å². The molecule has 4 nitrogen and oxygen atoms in total. The smallest absolute Gasteiger partial charge is 0.306 e. The van der Waals surface area contributed by atoms with Crippen LogP contribution in [0.5, 0.6) is 0 Å². The maximum absolute atomic E-state index is 12.8. The number of hydrogen-bond acceptors (Lipinski definition) is 4. The van der Waals surface area contributed by atoms with Crippen molar-refractivity contribution in [2.45, 2.75) is 200 Å². The molecule has 0 saturated heterocycles. The molecule has 0 aliphatic heterocycles. The van der Waals surface area contributed by atoms with E-state index in [0.29, 0.717) is 31.1 Å².